The SMILES string of the molecule is CC(=O)O[C@@H]1OCC[C@@H]1NC[C@@H](CC(C)C)NC(=O)c1c(C)cc(C)cc1C. The van der Waals surface area contributed by atoms with Gasteiger partial charge in [-0.2, -0.15) is 0 Å². The van der Waals surface area contributed by atoms with Gasteiger partial charge in [0.15, 0.2) is 0 Å². The summed E-state index contributed by atoms with van der Waals surface area (Å²) in [7, 11) is 0. The quantitative estimate of drug-likeness (QED) is 0.667. The van der Waals surface area contributed by atoms with Crippen LogP contribution in [0.5, 0.6) is 0 Å². The van der Waals surface area contributed by atoms with Gasteiger partial charge in [0.25, 0.3) is 5.91 Å². The highest BCUT2D eigenvalue weighted by molar-refractivity contribution is 5.97. The van der Waals surface area contributed by atoms with Crippen LogP contribution in [0.25, 0.3) is 0 Å². The van der Waals surface area contributed by atoms with E-state index in [0.29, 0.717) is 19.1 Å². The van der Waals surface area contributed by atoms with Crippen molar-refractivity contribution in [2.24, 2.45) is 5.92 Å². The molecular weight excluding hydrogens is 356 g/mol. The summed E-state index contributed by atoms with van der Waals surface area (Å²) in [4.78, 5) is 24.2. The maximum atomic E-state index is 13.0. The standard InChI is InChI=1S/C22H34N2O4/c1-13(2)9-18(12-23-19-7-8-27-22(19)28-17(6)25)24-21(26)20-15(4)10-14(3)11-16(20)5/h10-11,13,18-19,22-23H,7-9,12H2,1-6H3,(H,24,26)/t18-,19+,22+/m1/s1. The van der Waals surface area contributed by atoms with E-state index in [1.165, 1.54) is 6.92 Å². The normalized spacial score (nSPS) is 20.2. The van der Waals surface area contributed by atoms with Gasteiger partial charge in [-0.15, -0.1) is 0 Å². The third-order valence-electron chi connectivity index (χ3n) is 4.94. The van der Waals surface area contributed by atoms with E-state index in [1.54, 1.807) is 0 Å². The minimum atomic E-state index is -0.561. The van der Waals surface area contributed by atoms with Gasteiger partial charge >= 0.3 is 5.97 Å². The molecule has 1 saturated heterocycles. The minimum absolute atomic E-state index is 0.0221. The van der Waals surface area contributed by atoms with E-state index >= 15 is 0 Å². The fourth-order valence-electron chi connectivity index (χ4n) is 3.89. The highest BCUT2D eigenvalue weighted by Crippen LogP contribution is 2.18. The molecule has 0 spiro atoms. The molecule has 0 aromatic heterocycles. The number of hydrogen-bond donors (Lipinski definition) is 2. The second-order valence-corrected chi connectivity index (χ2v) is 8.23. The van der Waals surface area contributed by atoms with Gasteiger partial charge in [-0.1, -0.05) is 31.5 Å². The number of ether oxygens (including phenoxy) is 2. The molecular formula is C22H34N2O4. The molecule has 0 radical (unpaired) electrons. The third kappa shape index (κ3) is 6.31. The van der Waals surface area contributed by atoms with Crippen molar-refractivity contribution in [3.63, 3.8) is 0 Å². The molecule has 28 heavy (non-hydrogen) atoms. The topological polar surface area (TPSA) is 76.7 Å². The van der Waals surface area contributed by atoms with Crippen LogP contribution >= 0.6 is 0 Å². The number of amides is 1. The summed E-state index contributed by atoms with van der Waals surface area (Å²) < 4.78 is 10.7. The molecule has 0 aliphatic carbocycles. The van der Waals surface area contributed by atoms with E-state index in [4.69, 9.17) is 9.47 Å². The zero-order valence-corrected chi connectivity index (χ0v) is 17.9. The minimum Gasteiger partial charge on any atom is -0.434 e. The average molecular weight is 391 g/mol. The van der Waals surface area contributed by atoms with E-state index in [1.807, 2.05) is 32.9 Å². The fourth-order valence-corrected chi connectivity index (χ4v) is 3.89. The largest absolute Gasteiger partial charge is 0.434 e. The van der Waals surface area contributed by atoms with Gasteiger partial charge in [0.05, 0.1) is 12.6 Å². The summed E-state index contributed by atoms with van der Waals surface area (Å²) in [6.45, 7) is 12.8. The number of carbonyl (C=O) groups excluding carboxylic acids is 2. The predicted molar refractivity (Wildman–Crippen MR) is 109 cm³/mol. The van der Waals surface area contributed by atoms with Crippen molar-refractivity contribution >= 4 is 11.9 Å². The van der Waals surface area contributed by atoms with E-state index in [2.05, 4.69) is 24.5 Å². The number of aryl methyl sites for hydroxylation is 3. The number of hydrogen-bond acceptors (Lipinski definition) is 5. The van der Waals surface area contributed by atoms with Crippen molar-refractivity contribution in [3.05, 3.63) is 34.4 Å². The van der Waals surface area contributed by atoms with Crippen LogP contribution in [0.15, 0.2) is 12.1 Å². The average Bonchev–Trinajstić information content (AvgIpc) is 2.97. The molecule has 6 heteroatoms. The zero-order valence-electron chi connectivity index (χ0n) is 17.9. The Kier molecular flexibility index (Phi) is 8.01. The summed E-state index contributed by atoms with van der Waals surface area (Å²) in [5.41, 5.74) is 3.89. The molecule has 6 nitrogen and oxygen atoms in total. The Bertz CT molecular complexity index is 679. The lowest BCUT2D eigenvalue weighted by molar-refractivity contribution is -0.170. The molecule has 2 N–H and O–H groups in total. The molecule has 1 aromatic carbocycles. The third-order valence-corrected chi connectivity index (χ3v) is 4.94. The van der Waals surface area contributed by atoms with Crippen LogP contribution in [-0.2, 0) is 14.3 Å². The monoisotopic (exact) mass is 390 g/mol. The first-order valence-electron chi connectivity index (χ1n) is 10.1. The Morgan fingerprint density at radius 2 is 1.86 bits per heavy atom. The van der Waals surface area contributed by atoms with Crippen molar-refractivity contribution in [1.82, 2.24) is 10.6 Å². The molecule has 0 bridgehead atoms. The van der Waals surface area contributed by atoms with E-state index in [0.717, 1.165) is 35.1 Å². The van der Waals surface area contributed by atoms with Gasteiger partial charge in [0.2, 0.25) is 6.29 Å². The lowest BCUT2D eigenvalue weighted by Gasteiger charge is -2.25. The van der Waals surface area contributed by atoms with Crippen LogP contribution in [0.3, 0.4) is 0 Å². The summed E-state index contributed by atoms with van der Waals surface area (Å²) in [5, 5.41) is 6.62. The lowest BCUT2D eigenvalue weighted by atomic mass is 9.98. The number of esters is 1. The van der Waals surface area contributed by atoms with Crippen molar-refractivity contribution in [3.8, 4) is 0 Å². The summed E-state index contributed by atoms with van der Waals surface area (Å²) in [6, 6.07) is 4.00. The molecule has 3 atom stereocenters. The highest BCUT2D eigenvalue weighted by atomic mass is 16.7. The number of carbonyl (C=O) groups is 2. The van der Waals surface area contributed by atoms with Crippen LogP contribution in [0.2, 0.25) is 0 Å². The van der Waals surface area contributed by atoms with Crippen LogP contribution in [-0.4, -0.2) is 43.4 Å². The molecule has 1 aliphatic heterocycles. The Balaban J connectivity index is 2.03. The maximum absolute atomic E-state index is 13.0. The van der Waals surface area contributed by atoms with Crippen molar-refractivity contribution in [1.29, 1.82) is 0 Å². The van der Waals surface area contributed by atoms with Gasteiger partial charge in [-0.25, -0.2) is 0 Å². The molecule has 1 aliphatic rings. The van der Waals surface area contributed by atoms with Gasteiger partial charge < -0.3 is 20.1 Å². The zero-order chi connectivity index (χ0) is 20.8. The summed E-state index contributed by atoms with van der Waals surface area (Å²) in [5.74, 6) is 0.0501. The Labute approximate surface area is 168 Å². The van der Waals surface area contributed by atoms with Gasteiger partial charge in [-0.05, 0) is 50.7 Å². The van der Waals surface area contributed by atoms with Crippen LogP contribution < -0.4 is 10.6 Å². The molecule has 0 saturated carbocycles. The molecule has 1 fully saturated rings. The second-order valence-electron chi connectivity index (χ2n) is 8.23. The lowest BCUT2D eigenvalue weighted by Crippen LogP contribution is -2.48. The van der Waals surface area contributed by atoms with Crippen molar-refractivity contribution in [2.45, 2.75) is 72.8 Å². The van der Waals surface area contributed by atoms with E-state index in [-0.39, 0.29) is 24.0 Å². The molecule has 1 amide bonds. The number of rotatable bonds is 8. The van der Waals surface area contributed by atoms with Crippen LogP contribution in [0, 0.1) is 26.7 Å². The van der Waals surface area contributed by atoms with Crippen molar-refractivity contribution in [2.75, 3.05) is 13.2 Å². The summed E-state index contributed by atoms with van der Waals surface area (Å²) >= 11 is 0. The van der Waals surface area contributed by atoms with Gasteiger partial charge in [0, 0.05) is 25.1 Å². The number of nitrogens with one attached hydrogen (secondary N) is 2. The number of benzene rings is 1. The van der Waals surface area contributed by atoms with Crippen molar-refractivity contribution < 1.29 is 19.1 Å². The molecule has 1 aromatic rings. The molecule has 156 valence electrons. The first-order chi connectivity index (χ1) is 13.2. The van der Waals surface area contributed by atoms with Crippen LogP contribution in [0.1, 0.15) is 60.7 Å². The fraction of sp³-hybridized carbons (Fsp3) is 0.636. The van der Waals surface area contributed by atoms with Gasteiger partial charge in [-0.3, -0.25) is 9.59 Å². The van der Waals surface area contributed by atoms with E-state index in [9.17, 15) is 9.59 Å². The molecule has 2 rings (SSSR count). The second kappa shape index (κ2) is 10.0. The molecule has 1 heterocycles. The Morgan fingerprint density at radius 3 is 2.43 bits per heavy atom. The van der Waals surface area contributed by atoms with E-state index < -0.39 is 6.29 Å². The first-order valence-corrected chi connectivity index (χ1v) is 10.1. The predicted octanol–water partition coefficient (Wildman–Crippen LogP) is 3.02. The van der Waals surface area contributed by atoms with Gasteiger partial charge in [0.1, 0.15) is 0 Å². The smallest absolute Gasteiger partial charge is 0.304 e. The van der Waals surface area contributed by atoms with Crippen LogP contribution in [0.4, 0.5) is 0 Å². The first kappa shape index (κ1) is 22.4. The highest BCUT2D eigenvalue weighted by Gasteiger charge is 2.31. The Hall–Kier alpha value is -1.92. The summed E-state index contributed by atoms with van der Waals surface area (Å²) in [6.07, 6.45) is 1.07. The maximum Gasteiger partial charge on any atom is 0.304 e. The molecule has 0 unspecified atom stereocenters. The Morgan fingerprint density at radius 1 is 1.21 bits per heavy atom.